The number of benzene rings is 1. The zero-order valence-electron chi connectivity index (χ0n) is 9.79. The van der Waals surface area contributed by atoms with Gasteiger partial charge in [0.05, 0.1) is 5.54 Å². The van der Waals surface area contributed by atoms with Crippen molar-refractivity contribution in [2.24, 2.45) is 5.73 Å². The summed E-state index contributed by atoms with van der Waals surface area (Å²) in [6.45, 7) is 6.15. The largest absolute Gasteiger partial charge is 0.321 e. The fraction of sp³-hybridized carbons (Fsp3) is 0.538. The number of rotatable bonds is 6. The van der Waals surface area contributed by atoms with E-state index in [1.54, 1.807) is 0 Å². The molecular weight excluding hydrogens is 184 g/mol. The lowest BCUT2D eigenvalue weighted by Gasteiger charge is -2.25. The Bertz CT molecular complexity index is 267. The van der Waals surface area contributed by atoms with Gasteiger partial charge < -0.3 is 11.1 Å². The van der Waals surface area contributed by atoms with Gasteiger partial charge in [0.25, 0.3) is 0 Å². The molecule has 1 aromatic rings. The van der Waals surface area contributed by atoms with E-state index in [1.807, 2.05) is 18.2 Å². The molecule has 2 nitrogen and oxygen atoms in total. The monoisotopic (exact) mass is 206 g/mol. The van der Waals surface area contributed by atoms with Gasteiger partial charge in [0.2, 0.25) is 0 Å². The standard InChI is InChI=1S/C13H22N2/c1-3-4-10-15-11-13(2,14)12-8-6-5-7-9-12/h5-9,15H,3-4,10-11,14H2,1-2H3. The Balaban J connectivity index is 2.45. The predicted molar refractivity (Wildman–Crippen MR) is 65.8 cm³/mol. The maximum Gasteiger partial charge on any atom is 0.0507 e. The van der Waals surface area contributed by atoms with Crippen molar-refractivity contribution < 1.29 is 0 Å². The molecule has 1 atom stereocenters. The van der Waals surface area contributed by atoms with E-state index < -0.39 is 0 Å². The van der Waals surface area contributed by atoms with Crippen molar-refractivity contribution in [3.63, 3.8) is 0 Å². The highest BCUT2D eigenvalue weighted by molar-refractivity contribution is 5.23. The van der Waals surface area contributed by atoms with Gasteiger partial charge in [-0.15, -0.1) is 0 Å². The van der Waals surface area contributed by atoms with Crippen molar-refractivity contribution in [1.82, 2.24) is 5.32 Å². The van der Waals surface area contributed by atoms with E-state index in [9.17, 15) is 0 Å². The third-order valence-corrected chi connectivity index (χ3v) is 2.63. The molecular formula is C13H22N2. The van der Waals surface area contributed by atoms with Gasteiger partial charge in [0.1, 0.15) is 0 Å². The van der Waals surface area contributed by atoms with Crippen LogP contribution in [0.5, 0.6) is 0 Å². The molecule has 1 aromatic carbocycles. The molecule has 0 spiro atoms. The highest BCUT2D eigenvalue weighted by Gasteiger charge is 2.19. The van der Waals surface area contributed by atoms with Gasteiger partial charge in [-0.05, 0) is 25.5 Å². The quantitative estimate of drug-likeness (QED) is 0.701. The second-order valence-corrected chi connectivity index (χ2v) is 4.31. The smallest absolute Gasteiger partial charge is 0.0507 e. The molecule has 0 saturated heterocycles. The molecule has 3 N–H and O–H groups in total. The van der Waals surface area contributed by atoms with Crippen LogP contribution in [0.3, 0.4) is 0 Å². The van der Waals surface area contributed by atoms with Gasteiger partial charge in [-0.3, -0.25) is 0 Å². The number of unbranched alkanes of at least 4 members (excludes halogenated alkanes) is 1. The summed E-state index contributed by atoms with van der Waals surface area (Å²) in [6.07, 6.45) is 2.44. The molecule has 1 rings (SSSR count). The van der Waals surface area contributed by atoms with Gasteiger partial charge >= 0.3 is 0 Å². The Labute approximate surface area is 92.9 Å². The van der Waals surface area contributed by atoms with Gasteiger partial charge in [-0.25, -0.2) is 0 Å². The summed E-state index contributed by atoms with van der Waals surface area (Å²) in [5.41, 5.74) is 7.18. The molecule has 0 radical (unpaired) electrons. The van der Waals surface area contributed by atoms with Crippen LogP contribution in [0, 0.1) is 0 Å². The summed E-state index contributed by atoms with van der Waals surface area (Å²) >= 11 is 0. The van der Waals surface area contributed by atoms with Gasteiger partial charge in [0, 0.05) is 6.54 Å². The Hall–Kier alpha value is -0.860. The maximum absolute atomic E-state index is 6.26. The minimum absolute atomic E-state index is 0.269. The lowest BCUT2D eigenvalue weighted by molar-refractivity contribution is 0.443. The minimum Gasteiger partial charge on any atom is -0.321 e. The average Bonchev–Trinajstić information content (AvgIpc) is 2.26. The first-order valence-corrected chi connectivity index (χ1v) is 5.72. The van der Waals surface area contributed by atoms with Crippen molar-refractivity contribution in [2.75, 3.05) is 13.1 Å². The first-order chi connectivity index (χ1) is 7.17. The predicted octanol–water partition coefficient (Wildman–Crippen LogP) is 2.25. The summed E-state index contributed by atoms with van der Waals surface area (Å²) in [6, 6.07) is 10.3. The van der Waals surface area contributed by atoms with Gasteiger partial charge in [-0.2, -0.15) is 0 Å². The molecule has 0 aliphatic carbocycles. The molecule has 1 unspecified atom stereocenters. The van der Waals surface area contributed by atoms with E-state index in [0.717, 1.165) is 13.1 Å². The van der Waals surface area contributed by atoms with Crippen LogP contribution in [-0.2, 0) is 5.54 Å². The molecule has 0 heterocycles. The van der Waals surface area contributed by atoms with E-state index in [1.165, 1.54) is 18.4 Å². The maximum atomic E-state index is 6.26. The first-order valence-electron chi connectivity index (χ1n) is 5.72. The first kappa shape index (κ1) is 12.2. The number of hydrogen-bond donors (Lipinski definition) is 2. The molecule has 0 bridgehead atoms. The molecule has 0 aromatic heterocycles. The number of hydrogen-bond acceptors (Lipinski definition) is 2. The molecule has 0 amide bonds. The SMILES string of the molecule is CCCCNCC(C)(N)c1ccccc1. The lowest BCUT2D eigenvalue weighted by Crippen LogP contribution is -2.43. The zero-order valence-corrected chi connectivity index (χ0v) is 9.79. The van der Waals surface area contributed by atoms with Crippen molar-refractivity contribution in [3.8, 4) is 0 Å². The van der Waals surface area contributed by atoms with Crippen LogP contribution in [-0.4, -0.2) is 13.1 Å². The lowest BCUT2D eigenvalue weighted by atomic mass is 9.93. The molecule has 0 fully saturated rings. The van der Waals surface area contributed by atoms with Crippen LogP contribution in [0.25, 0.3) is 0 Å². The van der Waals surface area contributed by atoms with Crippen LogP contribution >= 0.6 is 0 Å². The van der Waals surface area contributed by atoms with E-state index in [0.29, 0.717) is 0 Å². The Kier molecular flexibility index (Phi) is 4.79. The zero-order chi connectivity index (χ0) is 11.1. The van der Waals surface area contributed by atoms with E-state index in [-0.39, 0.29) is 5.54 Å². The average molecular weight is 206 g/mol. The van der Waals surface area contributed by atoms with Gasteiger partial charge in [0.15, 0.2) is 0 Å². The molecule has 2 heteroatoms. The van der Waals surface area contributed by atoms with Crippen LogP contribution in [0.15, 0.2) is 30.3 Å². The molecule has 0 saturated carbocycles. The van der Waals surface area contributed by atoms with Crippen molar-refractivity contribution in [2.45, 2.75) is 32.2 Å². The van der Waals surface area contributed by atoms with Crippen LogP contribution in [0.2, 0.25) is 0 Å². The fourth-order valence-corrected chi connectivity index (χ4v) is 1.57. The summed E-state index contributed by atoms with van der Waals surface area (Å²) < 4.78 is 0. The van der Waals surface area contributed by atoms with Crippen LogP contribution in [0.1, 0.15) is 32.3 Å². The Morgan fingerprint density at radius 1 is 1.27 bits per heavy atom. The summed E-state index contributed by atoms with van der Waals surface area (Å²) in [5, 5.41) is 3.40. The van der Waals surface area contributed by atoms with Crippen LogP contribution < -0.4 is 11.1 Å². The number of nitrogens with one attached hydrogen (secondary N) is 1. The third kappa shape index (κ3) is 4.02. The third-order valence-electron chi connectivity index (χ3n) is 2.63. The fourth-order valence-electron chi connectivity index (χ4n) is 1.57. The summed E-state index contributed by atoms with van der Waals surface area (Å²) in [4.78, 5) is 0. The second-order valence-electron chi connectivity index (χ2n) is 4.31. The van der Waals surface area contributed by atoms with E-state index in [2.05, 4.69) is 31.3 Å². The highest BCUT2D eigenvalue weighted by atomic mass is 14.9. The highest BCUT2D eigenvalue weighted by Crippen LogP contribution is 2.15. The van der Waals surface area contributed by atoms with Crippen molar-refractivity contribution in [3.05, 3.63) is 35.9 Å². The van der Waals surface area contributed by atoms with Gasteiger partial charge in [-0.1, -0.05) is 43.7 Å². The van der Waals surface area contributed by atoms with E-state index in [4.69, 9.17) is 5.73 Å². The van der Waals surface area contributed by atoms with Crippen LogP contribution in [0.4, 0.5) is 0 Å². The molecule has 15 heavy (non-hydrogen) atoms. The summed E-state index contributed by atoms with van der Waals surface area (Å²) in [5.74, 6) is 0. The normalized spacial score (nSPS) is 14.9. The minimum atomic E-state index is -0.269. The Morgan fingerprint density at radius 3 is 2.53 bits per heavy atom. The van der Waals surface area contributed by atoms with Crippen molar-refractivity contribution in [1.29, 1.82) is 0 Å². The molecule has 84 valence electrons. The number of nitrogens with two attached hydrogens (primary N) is 1. The second kappa shape index (κ2) is 5.89. The Morgan fingerprint density at radius 2 is 1.93 bits per heavy atom. The topological polar surface area (TPSA) is 38.0 Å². The molecule has 0 aliphatic rings. The molecule has 0 aliphatic heterocycles. The summed E-state index contributed by atoms with van der Waals surface area (Å²) in [7, 11) is 0. The van der Waals surface area contributed by atoms with Crippen molar-refractivity contribution >= 4 is 0 Å². The van der Waals surface area contributed by atoms with E-state index >= 15 is 0 Å².